The molecule has 0 radical (unpaired) electrons. The molecule has 2 aliphatic rings. The molecule has 1 amide bonds. The number of benzene rings is 1. The van der Waals surface area contributed by atoms with Crippen LogP contribution in [-0.4, -0.2) is 50.4 Å². The van der Waals surface area contributed by atoms with Crippen LogP contribution in [0, 0.1) is 5.92 Å². The zero-order valence-electron chi connectivity index (χ0n) is 18.5. The van der Waals surface area contributed by atoms with Crippen molar-refractivity contribution in [1.82, 2.24) is 24.4 Å². The molecule has 0 spiro atoms. The molecule has 2 aliphatic heterocycles. The Labute approximate surface area is 208 Å². The summed E-state index contributed by atoms with van der Waals surface area (Å²) in [5.41, 5.74) is 7.35. The number of anilines is 1. The fourth-order valence-electron chi connectivity index (χ4n) is 4.05. The molecule has 1 atom stereocenters. The van der Waals surface area contributed by atoms with Crippen molar-refractivity contribution in [3.63, 3.8) is 0 Å². The average molecular weight is 547 g/mol. The number of rotatable bonds is 6. The highest BCUT2D eigenvalue weighted by Crippen LogP contribution is 2.43. The summed E-state index contributed by atoms with van der Waals surface area (Å²) < 4.78 is 19.1. The maximum atomic E-state index is 12.2. The predicted octanol–water partition coefficient (Wildman–Crippen LogP) is 4.43. The second-order valence-electron chi connectivity index (χ2n) is 8.17. The molecule has 10 nitrogen and oxygen atoms in total. The molecule has 178 valence electrons. The standard InChI is InChI=1S/C22H23BrN6O4S/c1-12(2)33-22(30)28-5-3-13(9-28)4-6-29-20-18(19(24)25-10-26-20)27-21(29)34-17-8-16-15(7-14(17)23)31-11-32-16/h7-8,10,13H,1,3-6,9,11H2,2H3,(H2,24,25,26)/t13-/m1/s1. The summed E-state index contributed by atoms with van der Waals surface area (Å²) in [4.78, 5) is 28.1. The number of hydrogen-bond acceptors (Lipinski definition) is 9. The number of fused-ring (bicyclic) bond motifs is 2. The Morgan fingerprint density at radius 1 is 1.35 bits per heavy atom. The molecule has 0 saturated carbocycles. The summed E-state index contributed by atoms with van der Waals surface area (Å²) >= 11 is 5.11. The maximum absolute atomic E-state index is 12.2. The van der Waals surface area contributed by atoms with Gasteiger partial charge >= 0.3 is 6.09 Å². The smallest absolute Gasteiger partial charge is 0.414 e. The Balaban J connectivity index is 1.37. The molecule has 1 saturated heterocycles. The van der Waals surface area contributed by atoms with Crippen molar-refractivity contribution < 1.29 is 19.0 Å². The molecular weight excluding hydrogens is 524 g/mol. The number of amides is 1. The molecule has 3 aromatic rings. The third-order valence-electron chi connectivity index (χ3n) is 5.72. The van der Waals surface area contributed by atoms with E-state index in [1.165, 1.54) is 18.1 Å². The van der Waals surface area contributed by atoms with Gasteiger partial charge in [0.05, 0.1) is 5.76 Å². The number of aryl methyl sites for hydroxylation is 1. The molecule has 2 N–H and O–H groups in total. The quantitative estimate of drug-likeness (QED) is 0.447. The van der Waals surface area contributed by atoms with Gasteiger partial charge in [-0.05, 0) is 53.7 Å². The Kier molecular flexibility index (Phi) is 6.26. The van der Waals surface area contributed by atoms with Gasteiger partial charge in [0.2, 0.25) is 6.79 Å². The van der Waals surface area contributed by atoms with Gasteiger partial charge in [0.1, 0.15) is 6.33 Å². The molecule has 1 fully saturated rings. The van der Waals surface area contributed by atoms with Crippen molar-refractivity contribution in [1.29, 1.82) is 0 Å². The minimum Gasteiger partial charge on any atom is -0.454 e. The van der Waals surface area contributed by atoms with E-state index in [0.29, 0.717) is 59.8 Å². The minimum absolute atomic E-state index is 0.207. The van der Waals surface area contributed by atoms with Gasteiger partial charge in [-0.2, -0.15) is 0 Å². The molecule has 2 aromatic heterocycles. The highest BCUT2D eigenvalue weighted by molar-refractivity contribution is 9.10. The third kappa shape index (κ3) is 4.51. The Hall–Kier alpha value is -2.99. The van der Waals surface area contributed by atoms with Gasteiger partial charge in [0.25, 0.3) is 0 Å². The van der Waals surface area contributed by atoms with Crippen LogP contribution in [-0.2, 0) is 11.3 Å². The van der Waals surface area contributed by atoms with E-state index in [-0.39, 0.29) is 12.9 Å². The van der Waals surface area contributed by atoms with E-state index in [2.05, 4.69) is 37.0 Å². The zero-order valence-corrected chi connectivity index (χ0v) is 20.9. The van der Waals surface area contributed by atoms with Crippen molar-refractivity contribution in [2.24, 2.45) is 5.92 Å². The van der Waals surface area contributed by atoms with Crippen LogP contribution in [0.2, 0.25) is 0 Å². The van der Waals surface area contributed by atoms with Crippen LogP contribution < -0.4 is 15.2 Å². The summed E-state index contributed by atoms with van der Waals surface area (Å²) in [6.45, 7) is 7.50. The van der Waals surface area contributed by atoms with Gasteiger partial charge in [0, 0.05) is 29.0 Å². The molecule has 0 unspecified atom stereocenters. The van der Waals surface area contributed by atoms with Crippen LogP contribution in [0.5, 0.6) is 11.5 Å². The summed E-state index contributed by atoms with van der Waals surface area (Å²) in [5, 5.41) is 0.748. The first kappa shape index (κ1) is 22.8. The largest absolute Gasteiger partial charge is 0.454 e. The topological polar surface area (TPSA) is 118 Å². The normalized spacial score (nSPS) is 16.9. The molecule has 0 bridgehead atoms. The van der Waals surface area contributed by atoms with E-state index < -0.39 is 0 Å². The lowest BCUT2D eigenvalue weighted by Crippen LogP contribution is -2.29. The molecule has 0 aliphatic carbocycles. The summed E-state index contributed by atoms with van der Waals surface area (Å²) in [6, 6.07) is 3.82. The van der Waals surface area contributed by atoms with E-state index in [9.17, 15) is 4.79 Å². The van der Waals surface area contributed by atoms with E-state index >= 15 is 0 Å². The van der Waals surface area contributed by atoms with E-state index in [0.717, 1.165) is 27.4 Å². The highest BCUT2D eigenvalue weighted by Gasteiger charge is 2.28. The average Bonchev–Trinajstić information content (AvgIpc) is 3.51. The van der Waals surface area contributed by atoms with Crippen LogP contribution in [0.15, 0.2) is 45.3 Å². The number of nitrogens with zero attached hydrogens (tertiary/aromatic N) is 5. The van der Waals surface area contributed by atoms with Crippen molar-refractivity contribution in [3.05, 3.63) is 35.3 Å². The van der Waals surface area contributed by atoms with Crippen molar-refractivity contribution in [2.75, 3.05) is 25.6 Å². The molecule has 1 aromatic carbocycles. The minimum atomic E-state index is -0.340. The lowest BCUT2D eigenvalue weighted by Gasteiger charge is -2.16. The summed E-state index contributed by atoms with van der Waals surface area (Å²) in [6.07, 6.45) is 2.87. The Morgan fingerprint density at radius 2 is 2.15 bits per heavy atom. The molecule has 5 rings (SSSR count). The number of nitrogen functional groups attached to an aromatic ring is 1. The van der Waals surface area contributed by atoms with Crippen molar-refractivity contribution in [3.8, 4) is 11.5 Å². The van der Waals surface area contributed by atoms with E-state index in [1.807, 2.05) is 12.1 Å². The van der Waals surface area contributed by atoms with Gasteiger partial charge in [-0.3, -0.25) is 0 Å². The number of halogens is 1. The first-order chi connectivity index (χ1) is 16.4. The number of allylic oxidation sites excluding steroid dienone is 1. The monoisotopic (exact) mass is 546 g/mol. The molecule has 4 heterocycles. The molecule has 34 heavy (non-hydrogen) atoms. The second-order valence-corrected chi connectivity index (χ2v) is 10.0. The number of nitrogens with two attached hydrogens (primary N) is 1. The fourth-order valence-corrected chi connectivity index (χ4v) is 5.56. The zero-order chi connectivity index (χ0) is 23.8. The first-order valence-corrected chi connectivity index (χ1v) is 12.4. The van der Waals surface area contributed by atoms with Gasteiger partial charge in [-0.1, -0.05) is 18.3 Å². The van der Waals surface area contributed by atoms with Crippen LogP contribution in [0.1, 0.15) is 19.8 Å². The Bertz CT molecular complexity index is 1280. The number of carbonyl (C=O) groups is 1. The number of carbonyl (C=O) groups excluding carboxylic acids is 1. The summed E-state index contributed by atoms with van der Waals surface area (Å²) in [7, 11) is 0. The highest BCUT2D eigenvalue weighted by atomic mass is 79.9. The molecule has 12 heteroatoms. The van der Waals surface area contributed by atoms with Crippen molar-refractivity contribution in [2.45, 2.75) is 36.4 Å². The molecular formula is C22H23BrN6O4S. The van der Waals surface area contributed by atoms with Gasteiger partial charge in [0.15, 0.2) is 33.6 Å². The van der Waals surface area contributed by atoms with Crippen molar-refractivity contribution >= 4 is 50.8 Å². The third-order valence-corrected chi connectivity index (χ3v) is 7.69. The van der Waals surface area contributed by atoms with Gasteiger partial charge in [-0.25, -0.2) is 19.7 Å². The second kappa shape index (κ2) is 9.34. The number of likely N-dealkylation sites (tertiary alicyclic amines) is 1. The number of aromatic nitrogens is 4. The van der Waals surface area contributed by atoms with Crippen LogP contribution in [0.3, 0.4) is 0 Å². The van der Waals surface area contributed by atoms with E-state index in [1.54, 1.807) is 11.8 Å². The van der Waals surface area contributed by atoms with E-state index in [4.69, 9.17) is 24.9 Å². The van der Waals surface area contributed by atoms with Crippen LogP contribution in [0.25, 0.3) is 11.2 Å². The Morgan fingerprint density at radius 3 is 2.94 bits per heavy atom. The van der Waals surface area contributed by atoms with Crippen LogP contribution in [0.4, 0.5) is 10.6 Å². The first-order valence-electron chi connectivity index (χ1n) is 10.7. The van der Waals surface area contributed by atoms with Gasteiger partial charge in [-0.15, -0.1) is 0 Å². The lowest BCUT2D eigenvalue weighted by molar-refractivity contribution is 0.137. The summed E-state index contributed by atoms with van der Waals surface area (Å²) in [5.74, 6) is 2.47. The number of ether oxygens (including phenoxy) is 3. The maximum Gasteiger partial charge on any atom is 0.414 e. The fraction of sp³-hybridized carbons (Fsp3) is 0.364. The SMILES string of the molecule is C=C(C)OC(=O)N1CC[C@H](CCn2c(Sc3cc4c(cc3Br)OCO4)nc3c(N)ncnc32)C1. The number of hydrogen-bond donors (Lipinski definition) is 1. The predicted molar refractivity (Wildman–Crippen MR) is 130 cm³/mol. The lowest BCUT2D eigenvalue weighted by atomic mass is 10.1. The van der Waals surface area contributed by atoms with Gasteiger partial charge < -0.3 is 29.4 Å². The van der Waals surface area contributed by atoms with Crippen LogP contribution >= 0.6 is 27.7 Å². The number of imidazole rings is 1.